The smallest absolute Gasteiger partial charge is 0.414 e. The molecule has 0 radical (unpaired) electrons. The summed E-state index contributed by atoms with van der Waals surface area (Å²) in [6, 6.07) is 5.35. The number of fused-ring (bicyclic) bond motifs is 3. The van der Waals surface area contributed by atoms with Crippen LogP contribution in [0.2, 0.25) is 0 Å². The number of nitrogens with zero attached hydrogens (tertiary/aromatic N) is 3. The van der Waals surface area contributed by atoms with Gasteiger partial charge >= 0.3 is 6.09 Å². The van der Waals surface area contributed by atoms with Gasteiger partial charge in [0.2, 0.25) is 0 Å². The number of carbonyl (C=O) groups excluding carboxylic acids is 1. The molecule has 6 heteroatoms. The largest absolute Gasteiger partial charge is 0.447 e. The van der Waals surface area contributed by atoms with E-state index in [2.05, 4.69) is 16.8 Å². The molecule has 1 aromatic rings. The van der Waals surface area contributed by atoms with Gasteiger partial charge in [-0.2, -0.15) is 0 Å². The van der Waals surface area contributed by atoms with Crippen molar-refractivity contribution in [2.24, 2.45) is 0 Å². The predicted molar refractivity (Wildman–Crippen MR) is 89.6 cm³/mol. The summed E-state index contributed by atoms with van der Waals surface area (Å²) < 4.78 is 19.1. The number of hydrogen-bond donors (Lipinski definition) is 0. The molecule has 1 amide bonds. The van der Waals surface area contributed by atoms with Crippen LogP contribution in [0.4, 0.5) is 14.9 Å². The molecular weight excluding hydrogens is 309 g/mol. The van der Waals surface area contributed by atoms with E-state index in [1.807, 2.05) is 6.07 Å². The lowest BCUT2D eigenvalue weighted by atomic mass is 9.99. The third-order valence-corrected chi connectivity index (χ3v) is 5.60. The van der Waals surface area contributed by atoms with Gasteiger partial charge in [-0.15, -0.1) is 0 Å². The highest BCUT2D eigenvalue weighted by Gasteiger charge is 2.38. The van der Waals surface area contributed by atoms with Gasteiger partial charge in [0.05, 0.1) is 11.7 Å². The Morgan fingerprint density at radius 3 is 2.67 bits per heavy atom. The second-order valence-corrected chi connectivity index (χ2v) is 7.17. The summed E-state index contributed by atoms with van der Waals surface area (Å²) in [5.41, 5.74) is 1.69. The molecule has 0 bridgehead atoms. The summed E-state index contributed by atoms with van der Waals surface area (Å²) >= 11 is 0. The van der Waals surface area contributed by atoms with Crippen LogP contribution < -0.4 is 4.90 Å². The van der Waals surface area contributed by atoms with Crippen LogP contribution in [0.15, 0.2) is 18.2 Å². The number of hydrogen-bond acceptors (Lipinski definition) is 4. The Labute approximate surface area is 142 Å². The minimum absolute atomic E-state index is 0.00659. The molecule has 0 aliphatic carbocycles. The quantitative estimate of drug-likeness (QED) is 0.791. The maximum Gasteiger partial charge on any atom is 0.414 e. The maximum absolute atomic E-state index is 13.8. The summed E-state index contributed by atoms with van der Waals surface area (Å²) in [6.07, 6.45) is 2.85. The summed E-state index contributed by atoms with van der Waals surface area (Å²) in [6.45, 7) is 4.35. The van der Waals surface area contributed by atoms with Gasteiger partial charge in [0.25, 0.3) is 0 Å². The van der Waals surface area contributed by atoms with E-state index in [1.54, 1.807) is 4.90 Å². The molecular formula is C18H24FN3O2. The Hall–Kier alpha value is -1.66. The van der Waals surface area contributed by atoms with Crippen LogP contribution in [-0.4, -0.2) is 61.3 Å². The Morgan fingerprint density at radius 1 is 1.12 bits per heavy atom. The van der Waals surface area contributed by atoms with Crippen molar-refractivity contribution in [1.29, 1.82) is 0 Å². The minimum atomic E-state index is -0.348. The Morgan fingerprint density at radius 2 is 1.88 bits per heavy atom. The van der Waals surface area contributed by atoms with Crippen LogP contribution in [0.1, 0.15) is 24.8 Å². The Balaban J connectivity index is 1.64. The highest BCUT2D eigenvalue weighted by Crippen LogP contribution is 2.33. The van der Waals surface area contributed by atoms with E-state index in [9.17, 15) is 9.18 Å². The number of rotatable bonds is 1. The highest BCUT2D eigenvalue weighted by molar-refractivity contribution is 5.91. The second-order valence-electron chi connectivity index (χ2n) is 7.17. The molecule has 0 saturated carbocycles. The van der Waals surface area contributed by atoms with Crippen molar-refractivity contribution in [2.45, 2.75) is 37.9 Å². The Kier molecular flexibility index (Phi) is 4.18. The van der Waals surface area contributed by atoms with Gasteiger partial charge in [-0.25, -0.2) is 9.18 Å². The molecule has 0 aromatic heterocycles. The van der Waals surface area contributed by atoms with Gasteiger partial charge in [0.15, 0.2) is 0 Å². The van der Waals surface area contributed by atoms with Gasteiger partial charge in [0.1, 0.15) is 12.4 Å². The van der Waals surface area contributed by atoms with E-state index in [1.165, 1.54) is 12.1 Å². The third-order valence-electron chi connectivity index (χ3n) is 5.60. The van der Waals surface area contributed by atoms with Crippen LogP contribution >= 0.6 is 0 Å². The Bertz CT molecular complexity index is 631. The number of cyclic esters (lactones) is 1. The first-order chi connectivity index (χ1) is 11.6. The van der Waals surface area contributed by atoms with Crippen LogP contribution in [0.5, 0.6) is 0 Å². The maximum atomic E-state index is 13.8. The van der Waals surface area contributed by atoms with Crippen LogP contribution in [0.3, 0.4) is 0 Å². The molecule has 4 rings (SSSR count). The molecule has 3 heterocycles. The second kappa shape index (κ2) is 6.33. The number of carbonyl (C=O) groups is 1. The fourth-order valence-electron chi connectivity index (χ4n) is 4.15. The summed E-state index contributed by atoms with van der Waals surface area (Å²) in [5.74, 6) is -0.307. The SMILES string of the molecule is CN1CCC(N2CC[C@H]3COC(=O)N3c3cc(F)ccc3C2)CC1. The van der Waals surface area contributed by atoms with Gasteiger partial charge in [0, 0.05) is 19.1 Å². The lowest BCUT2D eigenvalue weighted by Crippen LogP contribution is -2.47. The van der Waals surface area contributed by atoms with Crippen LogP contribution in [0, 0.1) is 5.82 Å². The van der Waals surface area contributed by atoms with E-state index in [-0.39, 0.29) is 18.0 Å². The number of likely N-dealkylation sites (tertiary alicyclic amines) is 1. The standard InChI is InChI=1S/C18H24FN3O2/c1-20-7-4-15(5-8-20)21-9-6-16-12-24-18(23)22(16)17-10-14(19)3-2-13(17)11-21/h2-3,10,15-16H,4-9,11-12H2,1H3/t16-/m0/s1. The first-order valence-electron chi connectivity index (χ1n) is 8.79. The van der Waals surface area contributed by atoms with Crippen molar-refractivity contribution in [3.05, 3.63) is 29.6 Å². The van der Waals surface area contributed by atoms with Gasteiger partial charge in [-0.05, 0) is 57.1 Å². The number of amides is 1. The fourth-order valence-corrected chi connectivity index (χ4v) is 4.15. The molecule has 0 unspecified atom stereocenters. The van der Waals surface area contributed by atoms with Gasteiger partial charge in [-0.3, -0.25) is 9.80 Å². The molecule has 5 nitrogen and oxygen atoms in total. The molecule has 2 saturated heterocycles. The lowest BCUT2D eigenvalue weighted by Gasteiger charge is -2.40. The summed E-state index contributed by atoms with van der Waals surface area (Å²) in [7, 11) is 2.17. The molecule has 130 valence electrons. The monoisotopic (exact) mass is 333 g/mol. The molecule has 2 fully saturated rings. The van der Waals surface area contributed by atoms with Crippen molar-refractivity contribution in [1.82, 2.24) is 9.80 Å². The molecule has 1 aromatic carbocycles. The average Bonchev–Trinajstić information content (AvgIpc) is 2.92. The van der Waals surface area contributed by atoms with Crippen LogP contribution in [0.25, 0.3) is 0 Å². The first-order valence-corrected chi connectivity index (χ1v) is 8.79. The van der Waals surface area contributed by atoms with Crippen molar-refractivity contribution < 1.29 is 13.9 Å². The van der Waals surface area contributed by atoms with E-state index in [4.69, 9.17) is 4.74 Å². The average molecular weight is 333 g/mol. The van der Waals surface area contributed by atoms with Crippen LogP contribution in [-0.2, 0) is 11.3 Å². The summed E-state index contributed by atoms with van der Waals surface area (Å²) in [5, 5.41) is 0. The normalized spacial score (nSPS) is 26.5. The number of ether oxygens (including phenoxy) is 1. The van der Waals surface area contributed by atoms with E-state index in [0.29, 0.717) is 18.3 Å². The van der Waals surface area contributed by atoms with Crippen molar-refractivity contribution >= 4 is 11.8 Å². The van der Waals surface area contributed by atoms with E-state index in [0.717, 1.165) is 51.0 Å². The molecule has 0 spiro atoms. The van der Waals surface area contributed by atoms with Crippen molar-refractivity contribution in [2.75, 3.05) is 38.2 Å². The van der Waals surface area contributed by atoms with Gasteiger partial charge < -0.3 is 9.64 Å². The molecule has 3 aliphatic rings. The number of benzene rings is 1. The zero-order valence-electron chi connectivity index (χ0n) is 14.1. The van der Waals surface area contributed by atoms with Crippen molar-refractivity contribution in [3.63, 3.8) is 0 Å². The summed E-state index contributed by atoms with van der Waals surface area (Å²) in [4.78, 5) is 18.7. The fraction of sp³-hybridized carbons (Fsp3) is 0.611. The predicted octanol–water partition coefficient (Wildman–Crippen LogP) is 2.45. The topological polar surface area (TPSA) is 36.0 Å². The molecule has 3 aliphatic heterocycles. The zero-order chi connectivity index (χ0) is 16.7. The third kappa shape index (κ3) is 2.89. The first kappa shape index (κ1) is 15.8. The number of piperidine rings is 1. The highest BCUT2D eigenvalue weighted by atomic mass is 19.1. The minimum Gasteiger partial charge on any atom is -0.447 e. The van der Waals surface area contributed by atoms with Crippen molar-refractivity contribution in [3.8, 4) is 0 Å². The zero-order valence-corrected chi connectivity index (χ0v) is 14.1. The van der Waals surface area contributed by atoms with E-state index >= 15 is 0 Å². The number of halogens is 1. The van der Waals surface area contributed by atoms with E-state index < -0.39 is 0 Å². The molecule has 1 atom stereocenters. The van der Waals surface area contributed by atoms with Gasteiger partial charge in [-0.1, -0.05) is 6.07 Å². The molecule has 24 heavy (non-hydrogen) atoms. The number of anilines is 1. The molecule has 0 N–H and O–H groups in total. The lowest BCUT2D eigenvalue weighted by molar-refractivity contribution is 0.109.